The Bertz CT molecular complexity index is 1010. The monoisotopic (exact) mass is 352 g/mol. The van der Waals surface area contributed by atoms with Crippen molar-refractivity contribution in [2.75, 3.05) is 12.8 Å². The van der Waals surface area contributed by atoms with Crippen LogP contribution in [0.1, 0.15) is 17.0 Å². The predicted octanol–water partition coefficient (Wildman–Crippen LogP) is 2.57. The minimum Gasteiger partial charge on any atom is -0.378 e. The molecule has 25 heavy (non-hydrogen) atoms. The van der Waals surface area contributed by atoms with Crippen molar-refractivity contribution < 1.29 is 4.74 Å². The third-order valence-electron chi connectivity index (χ3n) is 3.73. The van der Waals surface area contributed by atoms with Gasteiger partial charge in [-0.05, 0) is 23.6 Å². The van der Waals surface area contributed by atoms with Crippen LogP contribution in [0.3, 0.4) is 0 Å². The van der Waals surface area contributed by atoms with E-state index in [1.54, 1.807) is 29.2 Å². The number of hydrogen-bond acceptors (Lipinski definition) is 7. The number of rotatable bonds is 5. The number of anilines is 1. The van der Waals surface area contributed by atoms with E-state index in [2.05, 4.69) is 20.1 Å². The lowest BCUT2D eigenvalue weighted by molar-refractivity contribution is 0.181. The average molecular weight is 352 g/mol. The van der Waals surface area contributed by atoms with E-state index >= 15 is 0 Å². The van der Waals surface area contributed by atoms with Gasteiger partial charge in [-0.1, -0.05) is 12.1 Å². The Morgan fingerprint density at radius 2 is 2.00 bits per heavy atom. The van der Waals surface area contributed by atoms with Gasteiger partial charge in [-0.2, -0.15) is 19.6 Å². The van der Waals surface area contributed by atoms with E-state index in [0.29, 0.717) is 24.5 Å². The summed E-state index contributed by atoms with van der Waals surface area (Å²) in [6.45, 7) is 0.486. The van der Waals surface area contributed by atoms with Crippen LogP contribution in [0.15, 0.2) is 41.9 Å². The molecule has 4 aromatic heterocycles. The molecule has 0 aromatic carbocycles. The van der Waals surface area contributed by atoms with Crippen LogP contribution in [0, 0.1) is 0 Å². The van der Waals surface area contributed by atoms with Gasteiger partial charge >= 0.3 is 0 Å². The van der Waals surface area contributed by atoms with Crippen molar-refractivity contribution in [3.05, 3.63) is 58.9 Å². The lowest BCUT2D eigenvalue weighted by atomic mass is 10.1. The lowest BCUT2D eigenvalue weighted by Crippen LogP contribution is -2.05. The summed E-state index contributed by atoms with van der Waals surface area (Å²) >= 11 is 1.59. The fourth-order valence-electron chi connectivity index (χ4n) is 2.68. The molecule has 0 bridgehead atoms. The quantitative estimate of drug-likeness (QED) is 0.593. The van der Waals surface area contributed by atoms with Crippen molar-refractivity contribution in [3.63, 3.8) is 0 Å². The highest BCUT2D eigenvalue weighted by Gasteiger charge is 2.15. The van der Waals surface area contributed by atoms with Gasteiger partial charge in [0.05, 0.1) is 23.4 Å². The maximum absolute atomic E-state index is 5.93. The molecule has 0 aliphatic carbocycles. The number of aromatic nitrogens is 5. The summed E-state index contributed by atoms with van der Waals surface area (Å²) < 4.78 is 6.88. The summed E-state index contributed by atoms with van der Waals surface area (Å²) in [5.41, 5.74) is 9.40. The SMILES string of the molecule is COCc1cccc(Cc2cnn3c(-c4cccs4)nc(N)nc23)n1. The molecule has 4 heterocycles. The Morgan fingerprint density at radius 3 is 2.80 bits per heavy atom. The number of nitrogens with two attached hydrogens (primary N) is 1. The molecule has 2 N–H and O–H groups in total. The summed E-state index contributed by atoms with van der Waals surface area (Å²) in [7, 11) is 1.66. The molecule has 126 valence electrons. The largest absolute Gasteiger partial charge is 0.378 e. The summed E-state index contributed by atoms with van der Waals surface area (Å²) in [6.07, 6.45) is 2.41. The maximum Gasteiger partial charge on any atom is 0.224 e. The number of methoxy groups -OCH3 is 1. The number of nitrogens with zero attached hydrogens (tertiary/aromatic N) is 5. The Kier molecular flexibility index (Phi) is 4.12. The van der Waals surface area contributed by atoms with Crippen molar-refractivity contribution in [1.82, 2.24) is 24.6 Å². The van der Waals surface area contributed by atoms with Crippen LogP contribution in [0.4, 0.5) is 5.95 Å². The first-order valence-electron chi connectivity index (χ1n) is 7.72. The second-order valence-electron chi connectivity index (χ2n) is 5.52. The van der Waals surface area contributed by atoms with Crippen molar-refractivity contribution in [1.29, 1.82) is 0 Å². The van der Waals surface area contributed by atoms with Crippen LogP contribution >= 0.6 is 11.3 Å². The minimum absolute atomic E-state index is 0.235. The van der Waals surface area contributed by atoms with E-state index in [0.717, 1.165) is 21.8 Å². The van der Waals surface area contributed by atoms with Gasteiger partial charge in [-0.25, -0.2) is 0 Å². The number of thiophene rings is 1. The highest BCUT2D eigenvalue weighted by Crippen LogP contribution is 2.25. The first-order chi connectivity index (χ1) is 12.2. The molecule has 0 amide bonds. The zero-order valence-corrected chi connectivity index (χ0v) is 14.4. The molecular weight excluding hydrogens is 336 g/mol. The standard InChI is InChI=1S/C17H16N6OS/c1-24-10-13-5-2-4-12(20-13)8-11-9-19-23-15(11)21-17(18)22-16(23)14-6-3-7-25-14/h2-7,9H,8,10H2,1H3,(H2,18,21). The third-order valence-corrected chi connectivity index (χ3v) is 4.59. The van der Waals surface area contributed by atoms with Crippen molar-refractivity contribution >= 4 is 22.9 Å². The van der Waals surface area contributed by atoms with Gasteiger partial charge in [0, 0.05) is 24.8 Å². The molecule has 0 spiro atoms. The molecule has 0 saturated carbocycles. The van der Waals surface area contributed by atoms with Gasteiger partial charge in [-0.15, -0.1) is 11.3 Å². The average Bonchev–Trinajstić information content (AvgIpc) is 3.26. The maximum atomic E-state index is 5.93. The van der Waals surface area contributed by atoms with Crippen molar-refractivity contribution in [2.45, 2.75) is 13.0 Å². The fourth-order valence-corrected chi connectivity index (χ4v) is 3.38. The Balaban J connectivity index is 1.75. The molecule has 0 unspecified atom stereocenters. The highest BCUT2D eigenvalue weighted by atomic mass is 32.1. The van der Waals surface area contributed by atoms with E-state index < -0.39 is 0 Å². The molecule has 0 aliphatic rings. The van der Waals surface area contributed by atoms with Gasteiger partial charge in [0.2, 0.25) is 5.95 Å². The minimum atomic E-state index is 0.235. The van der Waals surface area contributed by atoms with Crippen LogP contribution < -0.4 is 5.73 Å². The number of hydrogen-bond donors (Lipinski definition) is 1. The van der Waals surface area contributed by atoms with Gasteiger partial charge in [-0.3, -0.25) is 4.98 Å². The third kappa shape index (κ3) is 3.09. The second-order valence-corrected chi connectivity index (χ2v) is 6.47. The zero-order chi connectivity index (χ0) is 17.2. The number of nitrogen functional groups attached to an aromatic ring is 1. The predicted molar refractivity (Wildman–Crippen MR) is 96.3 cm³/mol. The summed E-state index contributed by atoms with van der Waals surface area (Å²) in [5, 5.41) is 6.46. The number of ether oxygens (including phenoxy) is 1. The molecule has 0 aliphatic heterocycles. The van der Waals surface area contributed by atoms with Gasteiger partial charge in [0.25, 0.3) is 0 Å². The van der Waals surface area contributed by atoms with E-state index in [1.165, 1.54) is 0 Å². The van der Waals surface area contributed by atoms with E-state index in [-0.39, 0.29) is 5.95 Å². The number of fused-ring (bicyclic) bond motifs is 1. The molecule has 0 atom stereocenters. The Morgan fingerprint density at radius 1 is 1.12 bits per heavy atom. The van der Waals surface area contributed by atoms with Crippen molar-refractivity contribution in [2.24, 2.45) is 0 Å². The Labute approximate surface area is 148 Å². The molecule has 8 heteroatoms. The normalized spacial score (nSPS) is 11.2. The zero-order valence-electron chi connectivity index (χ0n) is 13.6. The van der Waals surface area contributed by atoms with Crippen LogP contribution in [-0.4, -0.2) is 31.7 Å². The Hall–Kier alpha value is -2.84. The number of pyridine rings is 1. The van der Waals surface area contributed by atoms with Crippen LogP contribution in [0.25, 0.3) is 16.3 Å². The molecular formula is C17H16N6OS. The summed E-state index contributed by atoms with van der Waals surface area (Å²) in [5.74, 6) is 0.934. The first kappa shape index (κ1) is 15.7. The van der Waals surface area contributed by atoms with E-state index in [4.69, 9.17) is 10.5 Å². The topological polar surface area (TPSA) is 91.2 Å². The van der Waals surface area contributed by atoms with Crippen LogP contribution in [-0.2, 0) is 17.8 Å². The fraction of sp³-hybridized carbons (Fsp3) is 0.176. The first-order valence-corrected chi connectivity index (χ1v) is 8.60. The molecule has 0 fully saturated rings. The molecule has 4 rings (SSSR count). The van der Waals surface area contributed by atoms with Gasteiger partial charge < -0.3 is 10.5 Å². The summed E-state index contributed by atoms with van der Waals surface area (Å²) in [6, 6.07) is 9.86. The van der Waals surface area contributed by atoms with Gasteiger partial charge in [0.1, 0.15) is 0 Å². The van der Waals surface area contributed by atoms with Crippen LogP contribution in [0.5, 0.6) is 0 Å². The lowest BCUT2D eigenvalue weighted by Gasteiger charge is -2.05. The molecule has 7 nitrogen and oxygen atoms in total. The van der Waals surface area contributed by atoms with Crippen LogP contribution in [0.2, 0.25) is 0 Å². The van der Waals surface area contributed by atoms with E-state index in [1.807, 2.05) is 35.7 Å². The molecule has 4 aromatic rings. The smallest absolute Gasteiger partial charge is 0.224 e. The van der Waals surface area contributed by atoms with Gasteiger partial charge in [0.15, 0.2) is 11.5 Å². The molecule has 0 saturated heterocycles. The highest BCUT2D eigenvalue weighted by molar-refractivity contribution is 7.13. The molecule has 0 radical (unpaired) electrons. The van der Waals surface area contributed by atoms with Crippen molar-refractivity contribution in [3.8, 4) is 10.7 Å². The second kappa shape index (κ2) is 6.58. The van der Waals surface area contributed by atoms with E-state index in [9.17, 15) is 0 Å². The summed E-state index contributed by atoms with van der Waals surface area (Å²) in [4.78, 5) is 14.3.